The highest BCUT2D eigenvalue weighted by atomic mass is 16.3. The van der Waals surface area contributed by atoms with Crippen LogP contribution in [0.4, 0.5) is 0 Å². The van der Waals surface area contributed by atoms with E-state index in [4.69, 9.17) is 4.42 Å². The van der Waals surface area contributed by atoms with Gasteiger partial charge in [-0.05, 0) is 29.7 Å². The van der Waals surface area contributed by atoms with E-state index in [2.05, 4.69) is 38.1 Å². The Morgan fingerprint density at radius 3 is 2.60 bits per heavy atom. The second kappa shape index (κ2) is 4.35. The molecule has 78 valence electrons. The minimum Gasteiger partial charge on any atom is -0.469 e. The van der Waals surface area contributed by atoms with E-state index in [9.17, 15) is 0 Å². The number of benzene rings is 1. The summed E-state index contributed by atoms with van der Waals surface area (Å²) in [5.41, 5.74) is 2.77. The Hall–Kier alpha value is -1.50. The molecule has 1 atom stereocenters. The maximum atomic E-state index is 5.45. The Morgan fingerprint density at radius 1 is 1.13 bits per heavy atom. The molecule has 0 aliphatic rings. The van der Waals surface area contributed by atoms with Gasteiger partial charge in [0.1, 0.15) is 5.76 Å². The molecule has 0 saturated carbocycles. The van der Waals surface area contributed by atoms with Crippen LogP contribution >= 0.6 is 0 Å². The number of furan rings is 1. The Labute approximate surface area is 90.7 Å². The van der Waals surface area contributed by atoms with E-state index < -0.39 is 0 Å². The lowest BCUT2D eigenvalue weighted by Crippen LogP contribution is -1.98. The molecule has 1 heteroatoms. The van der Waals surface area contributed by atoms with Gasteiger partial charge in [0, 0.05) is 5.92 Å². The summed E-state index contributed by atoms with van der Waals surface area (Å²) in [6.45, 7) is 4.38. The van der Waals surface area contributed by atoms with E-state index in [1.807, 2.05) is 12.1 Å². The number of rotatable bonds is 3. The molecule has 0 aliphatic carbocycles. The molecule has 0 spiro atoms. The van der Waals surface area contributed by atoms with E-state index >= 15 is 0 Å². The van der Waals surface area contributed by atoms with Gasteiger partial charge < -0.3 is 4.42 Å². The van der Waals surface area contributed by atoms with Crippen LogP contribution in [0.25, 0.3) is 0 Å². The monoisotopic (exact) mass is 200 g/mol. The van der Waals surface area contributed by atoms with Gasteiger partial charge >= 0.3 is 0 Å². The van der Waals surface area contributed by atoms with Crippen molar-refractivity contribution in [3.05, 3.63) is 59.5 Å². The van der Waals surface area contributed by atoms with Crippen molar-refractivity contribution in [1.82, 2.24) is 0 Å². The summed E-state index contributed by atoms with van der Waals surface area (Å²) in [6, 6.07) is 12.5. The quantitative estimate of drug-likeness (QED) is 0.730. The summed E-state index contributed by atoms with van der Waals surface area (Å²) in [4.78, 5) is 0. The fourth-order valence-corrected chi connectivity index (χ4v) is 1.97. The molecule has 0 saturated heterocycles. The molecule has 0 amide bonds. The maximum absolute atomic E-state index is 5.45. The first-order valence-electron chi connectivity index (χ1n) is 5.44. The molecule has 0 fully saturated rings. The lowest BCUT2D eigenvalue weighted by Gasteiger charge is -2.13. The summed E-state index contributed by atoms with van der Waals surface area (Å²) in [5, 5.41) is 0. The average molecular weight is 200 g/mol. The molecule has 0 radical (unpaired) electrons. The van der Waals surface area contributed by atoms with Crippen LogP contribution in [0.2, 0.25) is 0 Å². The molecule has 1 aromatic carbocycles. The molecule has 0 aliphatic heterocycles. The van der Waals surface area contributed by atoms with Crippen molar-refractivity contribution < 1.29 is 4.42 Å². The van der Waals surface area contributed by atoms with Gasteiger partial charge in [0.05, 0.1) is 6.26 Å². The number of aryl methyl sites for hydroxylation is 1. The van der Waals surface area contributed by atoms with Gasteiger partial charge in [-0.15, -0.1) is 0 Å². The molecule has 0 bridgehead atoms. The molecule has 2 aromatic rings. The molecule has 1 nitrogen and oxygen atoms in total. The van der Waals surface area contributed by atoms with Crippen molar-refractivity contribution >= 4 is 0 Å². The lowest BCUT2D eigenvalue weighted by molar-refractivity contribution is 0.495. The van der Waals surface area contributed by atoms with Crippen LogP contribution in [-0.2, 0) is 6.42 Å². The second-order valence-corrected chi connectivity index (χ2v) is 3.79. The van der Waals surface area contributed by atoms with Crippen LogP contribution in [-0.4, -0.2) is 0 Å². The predicted octanol–water partition coefficient (Wildman–Crippen LogP) is 3.99. The Balaban J connectivity index is 2.37. The normalized spacial score (nSPS) is 12.7. The molecule has 2 rings (SSSR count). The van der Waals surface area contributed by atoms with Gasteiger partial charge in [-0.3, -0.25) is 0 Å². The van der Waals surface area contributed by atoms with Gasteiger partial charge in [0.25, 0.3) is 0 Å². The zero-order chi connectivity index (χ0) is 10.7. The number of hydrogen-bond donors (Lipinski definition) is 0. The summed E-state index contributed by atoms with van der Waals surface area (Å²) in [7, 11) is 0. The van der Waals surface area contributed by atoms with Crippen molar-refractivity contribution in [2.24, 2.45) is 0 Å². The van der Waals surface area contributed by atoms with Crippen molar-refractivity contribution in [2.75, 3.05) is 0 Å². The number of hydrogen-bond acceptors (Lipinski definition) is 1. The van der Waals surface area contributed by atoms with Gasteiger partial charge in [-0.1, -0.05) is 38.1 Å². The Bertz CT molecular complexity index is 415. The highest BCUT2D eigenvalue weighted by Crippen LogP contribution is 2.27. The highest BCUT2D eigenvalue weighted by molar-refractivity contribution is 5.34. The van der Waals surface area contributed by atoms with Crippen LogP contribution in [0.3, 0.4) is 0 Å². The largest absolute Gasteiger partial charge is 0.469 e. The Kier molecular flexibility index (Phi) is 2.91. The third-order valence-electron chi connectivity index (χ3n) is 2.87. The zero-order valence-electron chi connectivity index (χ0n) is 9.23. The van der Waals surface area contributed by atoms with Crippen LogP contribution < -0.4 is 0 Å². The molecule has 1 unspecified atom stereocenters. The SMILES string of the molecule is CCc1ccccc1C(C)c1ccco1. The van der Waals surface area contributed by atoms with Crippen molar-refractivity contribution in [2.45, 2.75) is 26.2 Å². The van der Waals surface area contributed by atoms with Crippen LogP contribution in [0.5, 0.6) is 0 Å². The van der Waals surface area contributed by atoms with Crippen LogP contribution in [0.15, 0.2) is 47.1 Å². The first kappa shape index (κ1) is 10.0. The molecule has 0 N–H and O–H groups in total. The molecule has 1 aromatic heterocycles. The summed E-state index contributed by atoms with van der Waals surface area (Å²) in [5.74, 6) is 1.38. The smallest absolute Gasteiger partial charge is 0.110 e. The first-order chi connectivity index (χ1) is 7.33. The van der Waals surface area contributed by atoms with Crippen molar-refractivity contribution in [1.29, 1.82) is 0 Å². The summed E-state index contributed by atoms with van der Waals surface area (Å²) >= 11 is 0. The van der Waals surface area contributed by atoms with E-state index in [0.29, 0.717) is 5.92 Å². The molecule has 1 heterocycles. The van der Waals surface area contributed by atoms with E-state index in [0.717, 1.165) is 12.2 Å². The average Bonchev–Trinajstić information content (AvgIpc) is 2.81. The van der Waals surface area contributed by atoms with Crippen molar-refractivity contribution in [3.63, 3.8) is 0 Å². The third-order valence-corrected chi connectivity index (χ3v) is 2.87. The predicted molar refractivity (Wildman–Crippen MR) is 62.0 cm³/mol. The van der Waals surface area contributed by atoms with Crippen molar-refractivity contribution in [3.8, 4) is 0 Å². The van der Waals surface area contributed by atoms with E-state index in [1.165, 1.54) is 11.1 Å². The second-order valence-electron chi connectivity index (χ2n) is 3.79. The summed E-state index contributed by atoms with van der Waals surface area (Å²) < 4.78 is 5.45. The van der Waals surface area contributed by atoms with Crippen LogP contribution in [0, 0.1) is 0 Å². The minimum atomic E-state index is 0.344. The topological polar surface area (TPSA) is 13.1 Å². The zero-order valence-corrected chi connectivity index (χ0v) is 9.23. The van der Waals surface area contributed by atoms with Gasteiger partial charge in [0.2, 0.25) is 0 Å². The fraction of sp³-hybridized carbons (Fsp3) is 0.286. The Morgan fingerprint density at radius 2 is 1.93 bits per heavy atom. The standard InChI is InChI=1S/C14H16O/c1-3-12-7-4-5-8-13(12)11(2)14-9-6-10-15-14/h4-11H,3H2,1-2H3. The minimum absolute atomic E-state index is 0.344. The third kappa shape index (κ3) is 1.96. The van der Waals surface area contributed by atoms with Gasteiger partial charge in [0.15, 0.2) is 0 Å². The molecular formula is C14H16O. The van der Waals surface area contributed by atoms with Gasteiger partial charge in [-0.2, -0.15) is 0 Å². The first-order valence-corrected chi connectivity index (χ1v) is 5.44. The van der Waals surface area contributed by atoms with E-state index in [-0.39, 0.29) is 0 Å². The maximum Gasteiger partial charge on any atom is 0.110 e. The van der Waals surface area contributed by atoms with Gasteiger partial charge in [-0.25, -0.2) is 0 Å². The lowest BCUT2D eigenvalue weighted by atomic mass is 9.93. The van der Waals surface area contributed by atoms with Crippen LogP contribution in [0.1, 0.15) is 36.7 Å². The molecule has 15 heavy (non-hydrogen) atoms. The summed E-state index contributed by atoms with van der Waals surface area (Å²) in [6.07, 6.45) is 2.81. The van der Waals surface area contributed by atoms with E-state index in [1.54, 1.807) is 6.26 Å². The highest BCUT2D eigenvalue weighted by Gasteiger charge is 2.13. The fourth-order valence-electron chi connectivity index (χ4n) is 1.97. The molecular weight excluding hydrogens is 184 g/mol.